The van der Waals surface area contributed by atoms with Gasteiger partial charge in [0.15, 0.2) is 0 Å². The third-order valence-electron chi connectivity index (χ3n) is 3.41. The molecule has 0 aliphatic carbocycles. The molecule has 0 fully saturated rings. The van der Waals surface area contributed by atoms with Crippen LogP contribution in [0.25, 0.3) is 11.3 Å². The number of hydrogen-bond acceptors (Lipinski definition) is 6. The van der Waals surface area contributed by atoms with Gasteiger partial charge in [-0.25, -0.2) is 10.2 Å². The van der Waals surface area contributed by atoms with Gasteiger partial charge in [-0.3, -0.25) is 4.79 Å². The number of furan rings is 1. The lowest BCUT2D eigenvalue weighted by molar-refractivity contribution is 0.0526. The molecule has 0 radical (unpaired) electrons. The molecule has 26 heavy (non-hydrogen) atoms. The minimum Gasteiger partial charge on any atom is -0.462 e. The molecule has 3 aromatic rings. The molecular formula is C19H16N2O4S. The average molecular weight is 368 g/mol. The van der Waals surface area contributed by atoms with Crippen LogP contribution in [0.3, 0.4) is 0 Å². The average Bonchev–Trinajstić information content (AvgIpc) is 3.34. The molecule has 0 saturated heterocycles. The molecule has 0 aliphatic rings. The van der Waals surface area contributed by atoms with Crippen molar-refractivity contribution in [1.82, 2.24) is 5.43 Å². The van der Waals surface area contributed by atoms with Crippen molar-refractivity contribution in [2.45, 2.75) is 6.92 Å². The van der Waals surface area contributed by atoms with Crippen molar-refractivity contribution in [3.8, 4) is 11.3 Å². The zero-order chi connectivity index (χ0) is 18.4. The zero-order valence-corrected chi connectivity index (χ0v) is 14.8. The van der Waals surface area contributed by atoms with Crippen LogP contribution in [-0.4, -0.2) is 24.7 Å². The van der Waals surface area contributed by atoms with Gasteiger partial charge in [-0.15, -0.1) is 11.3 Å². The van der Waals surface area contributed by atoms with Crippen LogP contribution in [0.1, 0.15) is 32.7 Å². The van der Waals surface area contributed by atoms with E-state index in [4.69, 9.17) is 9.15 Å². The highest BCUT2D eigenvalue weighted by molar-refractivity contribution is 7.12. The van der Waals surface area contributed by atoms with E-state index in [-0.39, 0.29) is 11.9 Å². The molecule has 0 saturated carbocycles. The van der Waals surface area contributed by atoms with Crippen molar-refractivity contribution >= 4 is 29.4 Å². The standard InChI is InChI=1S/C19H16N2O4S/c1-2-24-19(23)14-7-5-13(6-8-14)16-10-9-15(25-16)12-20-21-18(22)17-4-3-11-26-17/h3-12H,2H2,1H3,(H,21,22). The van der Waals surface area contributed by atoms with Crippen LogP contribution in [0.15, 0.2) is 63.4 Å². The topological polar surface area (TPSA) is 80.9 Å². The maximum atomic E-state index is 11.8. The van der Waals surface area contributed by atoms with E-state index >= 15 is 0 Å². The number of esters is 1. The second-order valence-electron chi connectivity index (χ2n) is 5.18. The van der Waals surface area contributed by atoms with E-state index in [1.54, 1.807) is 55.5 Å². The van der Waals surface area contributed by atoms with Gasteiger partial charge >= 0.3 is 5.97 Å². The van der Waals surface area contributed by atoms with Gasteiger partial charge in [0.1, 0.15) is 11.5 Å². The van der Waals surface area contributed by atoms with Crippen LogP contribution in [-0.2, 0) is 4.74 Å². The van der Waals surface area contributed by atoms with Crippen LogP contribution in [0, 0.1) is 0 Å². The van der Waals surface area contributed by atoms with Crippen LogP contribution in [0.2, 0.25) is 0 Å². The van der Waals surface area contributed by atoms with Crippen molar-refractivity contribution in [3.63, 3.8) is 0 Å². The van der Waals surface area contributed by atoms with Gasteiger partial charge in [0, 0.05) is 5.56 Å². The fourth-order valence-electron chi connectivity index (χ4n) is 2.18. The fourth-order valence-corrected chi connectivity index (χ4v) is 2.79. The fraction of sp³-hybridized carbons (Fsp3) is 0.105. The first kappa shape index (κ1) is 17.6. The molecule has 1 N–H and O–H groups in total. The van der Waals surface area contributed by atoms with Gasteiger partial charge in [0.05, 0.1) is 23.3 Å². The monoisotopic (exact) mass is 368 g/mol. The highest BCUT2D eigenvalue weighted by Gasteiger charge is 2.08. The number of carbonyl (C=O) groups excluding carboxylic acids is 2. The van der Waals surface area contributed by atoms with Crippen molar-refractivity contribution in [1.29, 1.82) is 0 Å². The molecule has 6 nitrogen and oxygen atoms in total. The number of nitrogens with one attached hydrogen (secondary N) is 1. The first-order valence-corrected chi connectivity index (χ1v) is 8.79. The van der Waals surface area contributed by atoms with Gasteiger partial charge < -0.3 is 9.15 Å². The van der Waals surface area contributed by atoms with Crippen LogP contribution >= 0.6 is 11.3 Å². The number of nitrogens with zero attached hydrogens (tertiary/aromatic N) is 1. The second kappa shape index (κ2) is 8.26. The van der Waals surface area contributed by atoms with Gasteiger partial charge in [0.25, 0.3) is 5.91 Å². The number of hydrazone groups is 1. The molecule has 0 atom stereocenters. The van der Waals surface area contributed by atoms with Gasteiger partial charge in [-0.2, -0.15) is 5.10 Å². The van der Waals surface area contributed by atoms with E-state index in [1.807, 2.05) is 5.38 Å². The Morgan fingerprint density at radius 2 is 2.00 bits per heavy atom. The molecule has 0 bridgehead atoms. The van der Waals surface area contributed by atoms with E-state index in [0.29, 0.717) is 28.6 Å². The largest absolute Gasteiger partial charge is 0.462 e. The summed E-state index contributed by atoms with van der Waals surface area (Å²) in [5.41, 5.74) is 3.75. The van der Waals surface area contributed by atoms with E-state index in [1.165, 1.54) is 17.6 Å². The molecule has 132 valence electrons. The Bertz CT molecular complexity index is 911. The van der Waals surface area contributed by atoms with Crippen LogP contribution in [0.4, 0.5) is 0 Å². The summed E-state index contributed by atoms with van der Waals surface area (Å²) in [6.07, 6.45) is 1.43. The summed E-state index contributed by atoms with van der Waals surface area (Å²) in [6.45, 7) is 2.10. The minimum absolute atomic E-state index is 0.266. The summed E-state index contributed by atoms with van der Waals surface area (Å²) in [4.78, 5) is 24.0. The Balaban J connectivity index is 1.63. The Morgan fingerprint density at radius 1 is 1.19 bits per heavy atom. The lowest BCUT2D eigenvalue weighted by Gasteiger charge is -2.02. The molecule has 2 heterocycles. The van der Waals surface area contributed by atoms with Gasteiger partial charge in [-0.05, 0) is 42.6 Å². The predicted molar refractivity (Wildman–Crippen MR) is 99.5 cm³/mol. The number of hydrogen-bond donors (Lipinski definition) is 1. The van der Waals surface area contributed by atoms with Gasteiger partial charge in [-0.1, -0.05) is 18.2 Å². The molecule has 0 spiro atoms. The molecule has 2 aromatic heterocycles. The first-order valence-electron chi connectivity index (χ1n) is 7.91. The molecule has 0 unspecified atom stereocenters. The summed E-state index contributed by atoms with van der Waals surface area (Å²) < 4.78 is 10.6. The Labute approximate surface area is 154 Å². The third-order valence-corrected chi connectivity index (χ3v) is 4.28. The zero-order valence-electron chi connectivity index (χ0n) is 14.0. The van der Waals surface area contributed by atoms with Crippen LogP contribution in [0.5, 0.6) is 0 Å². The third kappa shape index (κ3) is 4.25. The molecular weight excluding hydrogens is 352 g/mol. The number of rotatable bonds is 6. The summed E-state index contributed by atoms with van der Waals surface area (Å²) in [7, 11) is 0. The van der Waals surface area contributed by atoms with E-state index in [9.17, 15) is 9.59 Å². The predicted octanol–water partition coefficient (Wildman–Crippen LogP) is 3.95. The van der Waals surface area contributed by atoms with Crippen LogP contribution < -0.4 is 5.43 Å². The Hall–Kier alpha value is -3.19. The summed E-state index contributed by atoms with van der Waals surface area (Å²) in [6, 6.07) is 14.0. The molecule has 7 heteroatoms. The number of benzene rings is 1. The number of carbonyl (C=O) groups is 2. The van der Waals surface area contributed by atoms with E-state index in [2.05, 4.69) is 10.5 Å². The normalized spacial score (nSPS) is 10.8. The van der Waals surface area contributed by atoms with E-state index < -0.39 is 0 Å². The Kier molecular flexibility index (Phi) is 5.60. The second-order valence-corrected chi connectivity index (χ2v) is 6.12. The summed E-state index contributed by atoms with van der Waals surface area (Å²) in [5.74, 6) is 0.512. The minimum atomic E-state index is -0.354. The highest BCUT2D eigenvalue weighted by atomic mass is 32.1. The molecule has 3 rings (SSSR count). The van der Waals surface area contributed by atoms with Gasteiger partial charge in [0.2, 0.25) is 0 Å². The lowest BCUT2D eigenvalue weighted by Crippen LogP contribution is -2.15. The number of thiophene rings is 1. The number of amides is 1. The lowest BCUT2D eigenvalue weighted by atomic mass is 10.1. The molecule has 1 amide bonds. The Morgan fingerprint density at radius 3 is 2.69 bits per heavy atom. The van der Waals surface area contributed by atoms with Crippen molar-refractivity contribution in [2.24, 2.45) is 5.10 Å². The SMILES string of the molecule is CCOC(=O)c1ccc(-c2ccc(C=NNC(=O)c3cccs3)o2)cc1. The number of ether oxygens (including phenoxy) is 1. The maximum Gasteiger partial charge on any atom is 0.338 e. The summed E-state index contributed by atoms with van der Waals surface area (Å²) in [5, 5.41) is 5.71. The quantitative estimate of drug-likeness (QED) is 0.406. The highest BCUT2D eigenvalue weighted by Crippen LogP contribution is 2.22. The van der Waals surface area contributed by atoms with Crippen molar-refractivity contribution < 1.29 is 18.7 Å². The summed E-state index contributed by atoms with van der Waals surface area (Å²) >= 11 is 1.34. The maximum absolute atomic E-state index is 11.8. The smallest absolute Gasteiger partial charge is 0.338 e. The van der Waals surface area contributed by atoms with E-state index in [0.717, 1.165) is 5.56 Å². The van der Waals surface area contributed by atoms with Crippen molar-refractivity contribution in [3.05, 3.63) is 70.1 Å². The first-order chi connectivity index (χ1) is 12.7. The molecule has 1 aromatic carbocycles. The molecule has 0 aliphatic heterocycles. The van der Waals surface area contributed by atoms with Crippen molar-refractivity contribution in [2.75, 3.05) is 6.61 Å².